The Morgan fingerprint density at radius 2 is 1.71 bits per heavy atom. The third-order valence-corrected chi connectivity index (χ3v) is 3.94. The molecular weight excluding hydrogens is 260 g/mol. The van der Waals surface area contributed by atoms with E-state index in [1.54, 1.807) is 6.08 Å². The third kappa shape index (κ3) is 3.40. The van der Waals surface area contributed by atoms with Gasteiger partial charge in [0.25, 0.3) is 0 Å². The van der Waals surface area contributed by atoms with Gasteiger partial charge in [0.05, 0.1) is 0 Å². The zero-order valence-corrected chi connectivity index (χ0v) is 11.8. The molecule has 0 aromatic heterocycles. The lowest BCUT2D eigenvalue weighted by molar-refractivity contribution is -0.104. The van der Waals surface area contributed by atoms with E-state index in [4.69, 9.17) is 4.74 Å². The molecule has 2 aromatic carbocycles. The summed E-state index contributed by atoms with van der Waals surface area (Å²) in [6, 6.07) is 18.1. The van der Waals surface area contributed by atoms with Crippen LogP contribution >= 0.6 is 0 Å². The van der Waals surface area contributed by atoms with Crippen molar-refractivity contribution in [2.24, 2.45) is 5.92 Å². The Labute approximate surface area is 125 Å². The highest BCUT2D eigenvalue weighted by atomic mass is 16.5. The predicted octanol–water partition coefficient (Wildman–Crippen LogP) is 4.73. The lowest BCUT2D eigenvalue weighted by Gasteiger charge is -2.33. The van der Waals surface area contributed by atoms with Crippen LogP contribution in [0.4, 0.5) is 0 Å². The molecule has 0 N–H and O–H groups in total. The van der Waals surface area contributed by atoms with Gasteiger partial charge in [0, 0.05) is 0 Å². The smallest absolute Gasteiger partial charge is 0.142 e. The van der Waals surface area contributed by atoms with Crippen LogP contribution in [0.1, 0.15) is 24.3 Å². The summed E-state index contributed by atoms with van der Waals surface area (Å²) in [5.74, 6) is 2.85. The molecule has 2 heteroatoms. The van der Waals surface area contributed by atoms with Gasteiger partial charge in [-0.3, -0.25) is 4.79 Å². The maximum Gasteiger partial charge on any atom is 0.142 e. The van der Waals surface area contributed by atoms with Crippen LogP contribution in [0.25, 0.3) is 0 Å². The van der Waals surface area contributed by atoms with Crippen molar-refractivity contribution in [3.8, 4) is 11.5 Å². The Balaban J connectivity index is 1.65. The molecule has 2 nitrogen and oxygen atoms in total. The van der Waals surface area contributed by atoms with Gasteiger partial charge in [0.15, 0.2) is 0 Å². The van der Waals surface area contributed by atoms with Crippen LogP contribution in [0.2, 0.25) is 0 Å². The summed E-state index contributed by atoms with van der Waals surface area (Å²) in [6.45, 7) is 0. The van der Waals surface area contributed by atoms with Crippen molar-refractivity contribution in [3.05, 3.63) is 72.3 Å². The molecule has 21 heavy (non-hydrogen) atoms. The van der Waals surface area contributed by atoms with Crippen LogP contribution in [-0.2, 0) is 4.79 Å². The van der Waals surface area contributed by atoms with Crippen molar-refractivity contribution in [3.63, 3.8) is 0 Å². The fraction of sp³-hybridized carbons (Fsp3) is 0.211. The van der Waals surface area contributed by atoms with Gasteiger partial charge < -0.3 is 4.74 Å². The first-order chi connectivity index (χ1) is 10.3. The van der Waals surface area contributed by atoms with Crippen molar-refractivity contribution in [1.29, 1.82) is 0 Å². The molecule has 0 aliphatic heterocycles. The molecule has 0 bridgehead atoms. The molecule has 0 heterocycles. The number of hydrogen-bond acceptors (Lipinski definition) is 2. The standard InChI is InChI=1S/C19H18O2/c20-11-5-6-15-12-17(13-15)16-7-4-10-19(14-16)21-18-8-2-1-3-9-18/h1-11,14-15,17H,12-13H2/b6-5+. The lowest BCUT2D eigenvalue weighted by atomic mass is 9.71. The quantitative estimate of drug-likeness (QED) is 0.584. The third-order valence-electron chi connectivity index (χ3n) is 3.94. The molecule has 0 atom stereocenters. The second-order valence-corrected chi connectivity index (χ2v) is 5.44. The Morgan fingerprint density at radius 1 is 0.952 bits per heavy atom. The van der Waals surface area contributed by atoms with Crippen LogP contribution in [0.5, 0.6) is 11.5 Å². The van der Waals surface area contributed by atoms with Gasteiger partial charge in [-0.1, -0.05) is 36.4 Å². The van der Waals surface area contributed by atoms with Crippen LogP contribution in [0, 0.1) is 5.92 Å². The minimum Gasteiger partial charge on any atom is -0.457 e. The molecule has 106 valence electrons. The summed E-state index contributed by atoms with van der Waals surface area (Å²) in [4.78, 5) is 10.3. The first-order valence-electron chi connectivity index (χ1n) is 7.30. The number of ether oxygens (including phenoxy) is 1. The van der Waals surface area contributed by atoms with Crippen molar-refractivity contribution >= 4 is 6.29 Å². The fourth-order valence-electron chi connectivity index (χ4n) is 2.75. The summed E-state index contributed by atoms with van der Waals surface area (Å²) >= 11 is 0. The van der Waals surface area contributed by atoms with E-state index in [1.165, 1.54) is 5.56 Å². The highest BCUT2D eigenvalue weighted by molar-refractivity contribution is 5.64. The molecule has 1 fully saturated rings. The molecule has 0 radical (unpaired) electrons. The topological polar surface area (TPSA) is 26.3 Å². The van der Waals surface area contributed by atoms with Gasteiger partial charge in [-0.15, -0.1) is 0 Å². The molecule has 3 rings (SSSR count). The normalized spacial score (nSPS) is 21.0. The highest BCUT2D eigenvalue weighted by Crippen LogP contribution is 2.43. The van der Waals surface area contributed by atoms with Crippen LogP contribution in [0.3, 0.4) is 0 Å². The van der Waals surface area contributed by atoms with Gasteiger partial charge in [-0.2, -0.15) is 0 Å². The number of carbonyl (C=O) groups is 1. The van der Waals surface area contributed by atoms with Crippen molar-refractivity contribution in [1.82, 2.24) is 0 Å². The monoisotopic (exact) mass is 278 g/mol. The zero-order chi connectivity index (χ0) is 14.5. The maximum atomic E-state index is 10.3. The van der Waals surface area contributed by atoms with E-state index in [9.17, 15) is 4.79 Å². The lowest BCUT2D eigenvalue weighted by Crippen LogP contribution is -2.19. The van der Waals surface area contributed by atoms with Gasteiger partial charge in [-0.05, 0) is 60.6 Å². The molecule has 1 saturated carbocycles. The number of rotatable bonds is 5. The summed E-state index contributed by atoms with van der Waals surface area (Å²) in [5.41, 5.74) is 1.32. The van der Waals surface area contributed by atoms with Gasteiger partial charge in [0.1, 0.15) is 17.8 Å². The Morgan fingerprint density at radius 3 is 2.48 bits per heavy atom. The van der Waals surface area contributed by atoms with Crippen LogP contribution in [0.15, 0.2) is 66.7 Å². The van der Waals surface area contributed by atoms with Crippen molar-refractivity contribution in [2.45, 2.75) is 18.8 Å². The van der Waals surface area contributed by atoms with Crippen LogP contribution < -0.4 is 4.74 Å². The molecule has 2 aromatic rings. The Hall–Kier alpha value is -2.35. The highest BCUT2D eigenvalue weighted by Gasteiger charge is 2.28. The first kappa shape index (κ1) is 13.6. The van der Waals surface area contributed by atoms with Crippen molar-refractivity contribution < 1.29 is 9.53 Å². The largest absolute Gasteiger partial charge is 0.457 e. The van der Waals surface area contributed by atoms with E-state index in [1.807, 2.05) is 48.5 Å². The number of allylic oxidation sites excluding steroid dienone is 2. The van der Waals surface area contributed by atoms with Gasteiger partial charge in [0.2, 0.25) is 0 Å². The van der Waals surface area contributed by atoms with Crippen molar-refractivity contribution in [2.75, 3.05) is 0 Å². The first-order valence-corrected chi connectivity index (χ1v) is 7.30. The number of para-hydroxylation sites is 1. The average Bonchev–Trinajstić information content (AvgIpc) is 2.47. The Kier molecular flexibility index (Phi) is 4.15. The number of aldehydes is 1. The predicted molar refractivity (Wildman–Crippen MR) is 83.6 cm³/mol. The Bertz CT molecular complexity index is 625. The zero-order valence-electron chi connectivity index (χ0n) is 11.8. The second-order valence-electron chi connectivity index (χ2n) is 5.44. The fourth-order valence-corrected chi connectivity index (χ4v) is 2.75. The molecular formula is C19H18O2. The van der Waals surface area contributed by atoms with E-state index in [0.717, 1.165) is 30.6 Å². The molecule has 0 saturated heterocycles. The van der Waals surface area contributed by atoms with E-state index in [2.05, 4.69) is 12.1 Å². The number of carbonyl (C=O) groups excluding carboxylic acids is 1. The van der Waals surface area contributed by atoms with E-state index in [-0.39, 0.29) is 0 Å². The average molecular weight is 278 g/mol. The molecule has 0 spiro atoms. The summed E-state index contributed by atoms with van der Waals surface area (Å²) in [6.07, 6.45) is 6.68. The molecule has 0 amide bonds. The maximum absolute atomic E-state index is 10.3. The minimum atomic E-state index is 0.541. The summed E-state index contributed by atoms with van der Waals surface area (Å²) in [5, 5.41) is 0. The molecule has 1 aliphatic carbocycles. The SMILES string of the molecule is O=C/C=C/C1CC(c2cccc(Oc3ccccc3)c2)C1. The summed E-state index contributed by atoms with van der Waals surface area (Å²) < 4.78 is 5.87. The second kappa shape index (κ2) is 6.40. The minimum absolute atomic E-state index is 0.541. The molecule has 1 aliphatic rings. The van der Waals surface area contributed by atoms with Gasteiger partial charge >= 0.3 is 0 Å². The molecule has 0 unspecified atom stereocenters. The van der Waals surface area contributed by atoms with Crippen LogP contribution in [-0.4, -0.2) is 6.29 Å². The van der Waals surface area contributed by atoms with Gasteiger partial charge in [-0.25, -0.2) is 0 Å². The number of hydrogen-bond donors (Lipinski definition) is 0. The summed E-state index contributed by atoms with van der Waals surface area (Å²) in [7, 11) is 0. The van der Waals surface area contributed by atoms with E-state index >= 15 is 0 Å². The van der Waals surface area contributed by atoms with E-state index in [0.29, 0.717) is 11.8 Å². The number of benzene rings is 2. The van der Waals surface area contributed by atoms with E-state index < -0.39 is 0 Å².